The summed E-state index contributed by atoms with van der Waals surface area (Å²) >= 11 is 12.6. The number of carbonyl (C=O) groups excluding carboxylic acids is 2. The lowest BCUT2D eigenvalue weighted by Crippen LogP contribution is -2.53. The number of halogens is 2. The summed E-state index contributed by atoms with van der Waals surface area (Å²) in [6.45, 7) is 5.47. The molecule has 1 unspecified atom stereocenters. The average Bonchev–Trinajstić information content (AvgIpc) is 2.98. The van der Waals surface area contributed by atoms with E-state index >= 15 is 0 Å². The van der Waals surface area contributed by atoms with Crippen molar-refractivity contribution in [3.63, 3.8) is 0 Å². The first-order valence-corrected chi connectivity index (χ1v) is 16.4. The number of aryl methyl sites for hydroxylation is 2. The third-order valence-electron chi connectivity index (χ3n) is 7.08. The van der Waals surface area contributed by atoms with Crippen LogP contribution >= 0.6 is 23.2 Å². The third kappa shape index (κ3) is 8.40. The van der Waals surface area contributed by atoms with Crippen LogP contribution in [-0.4, -0.2) is 44.3 Å². The van der Waals surface area contributed by atoms with Gasteiger partial charge in [0, 0.05) is 29.6 Å². The molecule has 0 fully saturated rings. The summed E-state index contributed by atoms with van der Waals surface area (Å²) in [5.74, 6) is -0.901. The Bertz CT molecular complexity index is 1690. The van der Waals surface area contributed by atoms with Crippen LogP contribution in [0.15, 0.2) is 102 Å². The van der Waals surface area contributed by atoms with E-state index in [0.717, 1.165) is 26.6 Å². The number of anilines is 1. The minimum atomic E-state index is -4.26. The minimum absolute atomic E-state index is 0.00166. The Morgan fingerprint density at radius 3 is 2.05 bits per heavy atom. The van der Waals surface area contributed by atoms with Crippen LogP contribution in [0.5, 0.6) is 0 Å². The number of benzene rings is 4. The fourth-order valence-electron chi connectivity index (χ4n) is 4.90. The van der Waals surface area contributed by atoms with Gasteiger partial charge in [-0.05, 0) is 62.2 Å². The van der Waals surface area contributed by atoms with Crippen molar-refractivity contribution in [1.82, 2.24) is 10.2 Å². The molecule has 0 heterocycles. The van der Waals surface area contributed by atoms with Gasteiger partial charge in [0.05, 0.1) is 10.6 Å². The normalized spacial score (nSPS) is 11.9. The van der Waals surface area contributed by atoms with Crippen LogP contribution in [0, 0.1) is 13.8 Å². The number of nitrogens with one attached hydrogen (secondary N) is 1. The van der Waals surface area contributed by atoms with E-state index < -0.39 is 28.5 Å². The summed E-state index contributed by atoms with van der Waals surface area (Å²) in [4.78, 5) is 29.5. The number of hydrogen-bond donors (Lipinski definition) is 1. The maximum absolute atomic E-state index is 14.4. The highest BCUT2D eigenvalue weighted by molar-refractivity contribution is 7.92. The second-order valence-electron chi connectivity index (χ2n) is 10.6. The summed E-state index contributed by atoms with van der Waals surface area (Å²) in [6.07, 6.45) is 0.234. The van der Waals surface area contributed by atoms with Gasteiger partial charge in [0.15, 0.2) is 0 Å². The van der Waals surface area contributed by atoms with Gasteiger partial charge in [-0.25, -0.2) is 8.42 Å². The summed E-state index contributed by atoms with van der Waals surface area (Å²) in [5.41, 5.74) is 3.66. The largest absolute Gasteiger partial charge is 0.355 e. The Morgan fingerprint density at radius 2 is 1.43 bits per heavy atom. The minimum Gasteiger partial charge on any atom is -0.355 e. The second kappa shape index (κ2) is 14.8. The smallest absolute Gasteiger partial charge is 0.264 e. The number of nitrogens with zero attached hydrogens (tertiary/aromatic N) is 2. The summed E-state index contributed by atoms with van der Waals surface area (Å²) in [5, 5.41) is 3.29. The lowest BCUT2D eigenvalue weighted by molar-refractivity contribution is -0.140. The number of amides is 2. The maximum atomic E-state index is 14.4. The van der Waals surface area contributed by atoms with E-state index in [4.69, 9.17) is 23.2 Å². The summed E-state index contributed by atoms with van der Waals surface area (Å²) < 4.78 is 29.2. The predicted octanol–water partition coefficient (Wildman–Crippen LogP) is 6.58. The van der Waals surface area contributed by atoms with Crippen LogP contribution in [0.3, 0.4) is 0 Å². The summed E-state index contributed by atoms with van der Waals surface area (Å²) in [6, 6.07) is 26.9. The molecule has 4 aromatic carbocycles. The molecule has 230 valence electrons. The van der Waals surface area contributed by atoms with Crippen molar-refractivity contribution in [3.05, 3.63) is 129 Å². The lowest BCUT2D eigenvalue weighted by Gasteiger charge is -2.34. The van der Waals surface area contributed by atoms with Crippen LogP contribution < -0.4 is 9.62 Å². The van der Waals surface area contributed by atoms with Crippen molar-refractivity contribution >= 4 is 50.7 Å². The number of likely N-dealkylation sites (N-methyl/N-ethyl adjacent to an activating group) is 1. The molecule has 4 aromatic rings. The van der Waals surface area contributed by atoms with Gasteiger partial charge >= 0.3 is 0 Å². The Kier molecular flexibility index (Phi) is 11.1. The van der Waals surface area contributed by atoms with Gasteiger partial charge in [0.1, 0.15) is 12.6 Å². The highest BCUT2D eigenvalue weighted by Crippen LogP contribution is 2.30. The zero-order chi connectivity index (χ0) is 31.9. The molecule has 10 heteroatoms. The first-order chi connectivity index (χ1) is 21.0. The van der Waals surface area contributed by atoms with Crippen molar-refractivity contribution in [2.24, 2.45) is 0 Å². The van der Waals surface area contributed by atoms with E-state index in [9.17, 15) is 18.0 Å². The molecule has 2 amide bonds. The number of hydrogen-bond acceptors (Lipinski definition) is 4. The summed E-state index contributed by atoms with van der Waals surface area (Å²) in [7, 11) is -4.26. The van der Waals surface area contributed by atoms with E-state index in [2.05, 4.69) is 5.32 Å². The molecule has 0 aromatic heterocycles. The average molecular weight is 653 g/mol. The van der Waals surface area contributed by atoms with Gasteiger partial charge in [-0.2, -0.15) is 0 Å². The molecule has 0 spiro atoms. The third-order valence-corrected chi connectivity index (χ3v) is 9.31. The van der Waals surface area contributed by atoms with Gasteiger partial charge in [-0.3, -0.25) is 13.9 Å². The standard InChI is InChI=1S/C34H35Cl2N3O4S/c1-4-37-34(41)32(18-26-10-6-5-7-11-26)38(22-27-12-8-9-25(3)17-27)33(40)23-39(30-20-28(35)19-29(36)21-30)44(42,43)31-15-13-24(2)14-16-31/h5-17,19-21,32H,4,18,22-23H2,1-3H3,(H,37,41). The second-order valence-corrected chi connectivity index (χ2v) is 13.3. The molecular formula is C34H35Cl2N3O4S. The Morgan fingerprint density at radius 1 is 0.795 bits per heavy atom. The molecule has 0 radical (unpaired) electrons. The van der Waals surface area contributed by atoms with E-state index in [-0.39, 0.29) is 39.5 Å². The molecule has 1 atom stereocenters. The number of carbonyl (C=O) groups is 2. The quantitative estimate of drug-likeness (QED) is 0.187. The van der Waals surface area contributed by atoms with Crippen LogP contribution in [0.25, 0.3) is 0 Å². The monoisotopic (exact) mass is 651 g/mol. The zero-order valence-corrected chi connectivity index (χ0v) is 27.2. The fourth-order valence-corrected chi connectivity index (χ4v) is 6.82. The van der Waals surface area contributed by atoms with E-state index in [1.807, 2.05) is 75.4 Å². The molecule has 0 saturated heterocycles. The van der Waals surface area contributed by atoms with E-state index in [0.29, 0.717) is 6.54 Å². The number of sulfonamides is 1. The Balaban J connectivity index is 1.82. The van der Waals surface area contributed by atoms with Crippen LogP contribution in [-0.2, 0) is 32.6 Å². The molecule has 0 aliphatic carbocycles. The van der Waals surface area contributed by atoms with Crippen LogP contribution in [0.2, 0.25) is 10.0 Å². The molecule has 4 rings (SSSR count). The van der Waals surface area contributed by atoms with Gasteiger partial charge < -0.3 is 10.2 Å². The molecule has 0 aliphatic heterocycles. The van der Waals surface area contributed by atoms with Gasteiger partial charge in [0.2, 0.25) is 11.8 Å². The molecule has 0 aliphatic rings. The lowest BCUT2D eigenvalue weighted by atomic mass is 10.0. The van der Waals surface area contributed by atoms with Crippen LogP contribution in [0.1, 0.15) is 29.2 Å². The molecule has 44 heavy (non-hydrogen) atoms. The topological polar surface area (TPSA) is 86.8 Å². The molecule has 7 nitrogen and oxygen atoms in total. The van der Waals surface area contributed by atoms with Gasteiger partial charge in [-0.1, -0.05) is 101 Å². The first kappa shape index (κ1) is 33.1. The van der Waals surface area contributed by atoms with Crippen molar-refractivity contribution < 1.29 is 18.0 Å². The van der Waals surface area contributed by atoms with Gasteiger partial charge in [0.25, 0.3) is 10.0 Å². The molecule has 0 bridgehead atoms. The molecule has 1 N–H and O–H groups in total. The molecular weight excluding hydrogens is 617 g/mol. The van der Waals surface area contributed by atoms with Crippen molar-refractivity contribution in [2.45, 2.75) is 44.7 Å². The Labute approximate surface area is 269 Å². The van der Waals surface area contributed by atoms with E-state index in [1.54, 1.807) is 12.1 Å². The number of rotatable bonds is 12. The first-order valence-electron chi connectivity index (χ1n) is 14.2. The zero-order valence-electron chi connectivity index (χ0n) is 24.8. The Hall–Kier alpha value is -3.85. The highest BCUT2D eigenvalue weighted by Gasteiger charge is 2.34. The van der Waals surface area contributed by atoms with Crippen LogP contribution in [0.4, 0.5) is 5.69 Å². The fraction of sp³-hybridized carbons (Fsp3) is 0.235. The van der Waals surface area contributed by atoms with Gasteiger partial charge in [-0.15, -0.1) is 0 Å². The van der Waals surface area contributed by atoms with Crippen molar-refractivity contribution in [3.8, 4) is 0 Å². The molecule has 0 saturated carbocycles. The van der Waals surface area contributed by atoms with E-state index in [1.165, 1.54) is 35.2 Å². The van der Waals surface area contributed by atoms with Crippen molar-refractivity contribution in [2.75, 3.05) is 17.4 Å². The maximum Gasteiger partial charge on any atom is 0.264 e. The SMILES string of the molecule is CCNC(=O)C(Cc1ccccc1)N(Cc1cccc(C)c1)C(=O)CN(c1cc(Cl)cc(Cl)c1)S(=O)(=O)c1ccc(C)cc1. The highest BCUT2D eigenvalue weighted by atomic mass is 35.5. The van der Waals surface area contributed by atoms with Crippen molar-refractivity contribution in [1.29, 1.82) is 0 Å². The predicted molar refractivity (Wildman–Crippen MR) is 177 cm³/mol.